The monoisotopic (exact) mass is 239 g/mol. The van der Waals surface area contributed by atoms with Crippen LogP contribution in [0.1, 0.15) is 37.0 Å². The number of nitrogens with one attached hydrogen (secondary N) is 1. The number of carbonyl (C=O) groups excluding carboxylic acids is 1. The molecule has 0 spiro atoms. The van der Waals surface area contributed by atoms with Crippen LogP contribution < -0.4 is 11.1 Å². The molecule has 0 aliphatic heterocycles. The van der Waals surface area contributed by atoms with Crippen LogP contribution >= 0.6 is 0 Å². The Morgan fingerprint density at radius 2 is 2.18 bits per heavy atom. The van der Waals surface area contributed by atoms with Crippen LogP contribution in [0.3, 0.4) is 0 Å². The number of pyridine rings is 1. The molecule has 17 heavy (non-hydrogen) atoms. The molecule has 1 aromatic rings. The maximum Gasteiger partial charge on any atom is 0.254 e. The van der Waals surface area contributed by atoms with Gasteiger partial charge in [-0.15, -0.1) is 0 Å². The SMILES string of the molecule is CCC(N)(CC)CNC(=O)c1ccncc1F. The molecule has 0 aliphatic rings. The van der Waals surface area contributed by atoms with Gasteiger partial charge >= 0.3 is 0 Å². The Labute approximate surface area is 100 Å². The van der Waals surface area contributed by atoms with Crippen LogP contribution in [0.15, 0.2) is 18.5 Å². The number of hydrogen-bond acceptors (Lipinski definition) is 3. The second kappa shape index (κ2) is 5.72. The zero-order chi connectivity index (χ0) is 12.9. The standard InChI is InChI=1S/C12H18FN3O/c1-3-12(14,4-2)8-16-11(17)9-5-6-15-7-10(9)13/h5-7H,3-4,8,14H2,1-2H3,(H,16,17). The minimum atomic E-state index is -0.624. The van der Waals surface area contributed by atoms with Gasteiger partial charge in [0.15, 0.2) is 5.82 Å². The first kappa shape index (κ1) is 13.6. The normalized spacial score (nSPS) is 11.3. The zero-order valence-corrected chi connectivity index (χ0v) is 10.2. The Kier molecular flexibility index (Phi) is 4.57. The van der Waals surface area contributed by atoms with Gasteiger partial charge < -0.3 is 11.1 Å². The summed E-state index contributed by atoms with van der Waals surface area (Å²) >= 11 is 0. The van der Waals surface area contributed by atoms with Crippen molar-refractivity contribution in [3.8, 4) is 0 Å². The Morgan fingerprint density at radius 3 is 2.71 bits per heavy atom. The summed E-state index contributed by atoms with van der Waals surface area (Å²) < 4.78 is 13.3. The van der Waals surface area contributed by atoms with Crippen molar-refractivity contribution in [1.82, 2.24) is 10.3 Å². The maximum absolute atomic E-state index is 13.3. The predicted octanol–water partition coefficient (Wildman–Crippen LogP) is 1.47. The van der Waals surface area contributed by atoms with Gasteiger partial charge in [-0.3, -0.25) is 9.78 Å². The third-order valence-corrected chi connectivity index (χ3v) is 3.03. The van der Waals surface area contributed by atoms with Crippen molar-refractivity contribution in [3.63, 3.8) is 0 Å². The molecule has 1 rings (SSSR count). The number of amides is 1. The minimum absolute atomic E-state index is 0.00504. The lowest BCUT2D eigenvalue weighted by Gasteiger charge is -2.26. The summed E-state index contributed by atoms with van der Waals surface area (Å²) in [6, 6.07) is 1.35. The summed E-state index contributed by atoms with van der Waals surface area (Å²) in [7, 11) is 0. The van der Waals surface area contributed by atoms with Crippen LogP contribution in [-0.4, -0.2) is 23.0 Å². The molecular weight excluding hydrogens is 221 g/mol. The molecular formula is C12H18FN3O. The van der Waals surface area contributed by atoms with E-state index >= 15 is 0 Å². The van der Waals surface area contributed by atoms with Gasteiger partial charge in [-0.05, 0) is 18.9 Å². The van der Waals surface area contributed by atoms with E-state index in [0.717, 1.165) is 19.0 Å². The molecule has 5 heteroatoms. The largest absolute Gasteiger partial charge is 0.350 e. The van der Waals surface area contributed by atoms with E-state index in [1.165, 1.54) is 12.3 Å². The van der Waals surface area contributed by atoms with Gasteiger partial charge in [0, 0.05) is 18.3 Å². The molecule has 0 radical (unpaired) electrons. The minimum Gasteiger partial charge on any atom is -0.350 e. The fraction of sp³-hybridized carbons (Fsp3) is 0.500. The van der Waals surface area contributed by atoms with Crippen molar-refractivity contribution in [2.45, 2.75) is 32.2 Å². The smallest absolute Gasteiger partial charge is 0.254 e. The molecule has 1 amide bonds. The first-order valence-electron chi connectivity index (χ1n) is 5.69. The summed E-state index contributed by atoms with van der Waals surface area (Å²) in [6.45, 7) is 4.26. The number of rotatable bonds is 5. The Bertz CT molecular complexity index is 391. The number of aromatic nitrogens is 1. The van der Waals surface area contributed by atoms with E-state index in [9.17, 15) is 9.18 Å². The fourth-order valence-electron chi connectivity index (χ4n) is 1.41. The highest BCUT2D eigenvalue weighted by Gasteiger charge is 2.21. The van der Waals surface area contributed by atoms with Crippen LogP contribution in [0.25, 0.3) is 0 Å². The van der Waals surface area contributed by atoms with E-state index in [4.69, 9.17) is 5.73 Å². The van der Waals surface area contributed by atoms with E-state index in [1.807, 2.05) is 13.8 Å². The van der Waals surface area contributed by atoms with Gasteiger partial charge in [-0.25, -0.2) is 4.39 Å². The van der Waals surface area contributed by atoms with Crippen LogP contribution in [0.4, 0.5) is 4.39 Å². The molecule has 0 aromatic carbocycles. The van der Waals surface area contributed by atoms with Crippen molar-refractivity contribution in [2.24, 2.45) is 5.73 Å². The van der Waals surface area contributed by atoms with Crippen LogP contribution in [0, 0.1) is 5.82 Å². The summed E-state index contributed by atoms with van der Waals surface area (Å²) in [5.41, 5.74) is 5.60. The predicted molar refractivity (Wildman–Crippen MR) is 64.0 cm³/mol. The van der Waals surface area contributed by atoms with Gasteiger partial charge in [0.05, 0.1) is 11.8 Å². The molecule has 0 unspecified atom stereocenters. The average molecular weight is 239 g/mol. The number of hydrogen-bond donors (Lipinski definition) is 2. The summed E-state index contributed by atoms with van der Waals surface area (Å²) in [5, 5.41) is 2.65. The quantitative estimate of drug-likeness (QED) is 0.817. The molecule has 0 aliphatic carbocycles. The lowest BCUT2D eigenvalue weighted by atomic mass is 9.94. The zero-order valence-electron chi connectivity index (χ0n) is 10.2. The molecule has 4 nitrogen and oxygen atoms in total. The molecule has 0 saturated heterocycles. The van der Waals surface area contributed by atoms with Gasteiger partial charge in [-0.1, -0.05) is 13.8 Å². The first-order valence-corrected chi connectivity index (χ1v) is 5.69. The summed E-state index contributed by atoms with van der Waals surface area (Å²) in [6.07, 6.45) is 3.91. The third-order valence-electron chi connectivity index (χ3n) is 3.03. The maximum atomic E-state index is 13.3. The van der Waals surface area contributed by atoms with E-state index in [1.54, 1.807) is 0 Å². The van der Waals surface area contributed by atoms with Crippen molar-refractivity contribution in [1.29, 1.82) is 0 Å². The highest BCUT2D eigenvalue weighted by atomic mass is 19.1. The molecule has 1 heterocycles. The van der Waals surface area contributed by atoms with Crippen molar-refractivity contribution in [3.05, 3.63) is 29.8 Å². The van der Waals surface area contributed by atoms with Gasteiger partial charge in [0.2, 0.25) is 0 Å². The van der Waals surface area contributed by atoms with E-state index in [-0.39, 0.29) is 5.56 Å². The van der Waals surface area contributed by atoms with Crippen LogP contribution in [-0.2, 0) is 0 Å². The van der Waals surface area contributed by atoms with E-state index < -0.39 is 17.3 Å². The highest BCUT2D eigenvalue weighted by molar-refractivity contribution is 5.94. The van der Waals surface area contributed by atoms with Gasteiger partial charge in [0.25, 0.3) is 5.91 Å². The topological polar surface area (TPSA) is 68.0 Å². The second-order valence-electron chi connectivity index (χ2n) is 4.11. The fourth-order valence-corrected chi connectivity index (χ4v) is 1.41. The molecule has 0 fully saturated rings. The van der Waals surface area contributed by atoms with Crippen LogP contribution in [0.5, 0.6) is 0 Å². The lowest BCUT2D eigenvalue weighted by molar-refractivity contribution is 0.0938. The number of nitrogens with zero attached hydrogens (tertiary/aromatic N) is 1. The molecule has 0 bridgehead atoms. The number of halogens is 1. The van der Waals surface area contributed by atoms with Crippen molar-refractivity contribution in [2.75, 3.05) is 6.54 Å². The van der Waals surface area contributed by atoms with Gasteiger partial charge in [0.1, 0.15) is 0 Å². The number of nitrogens with two attached hydrogens (primary N) is 1. The Morgan fingerprint density at radius 1 is 1.53 bits per heavy atom. The molecule has 0 saturated carbocycles. The summed E-state index contributed by atoms with van der Waals surface area (Å²) in [4.78, 5) is 15.3. The van der Waals surface area contributed by atoms with E-state index in [0.29, 0.717) is 6.54 Å². The molecule has 3 N–H and O–H groups in total. The van der Waals surface area contributed by atoms with Gasteiger partial charge in [-0.2, -0.15) is 0 Å². The number of carbonyl (C=O) groups is 1. The Balaban J connectivity index is 2.65. The van der Waals surface area contributed by atoms with Crippen molar-refractivity contribution >= 4 is 5.91 Å². The molecule has 0 atom stereocenters. The second-order valence-corrected chi connectivity index (χ2v) is 4.11. The molecule has 1 aromatic heterocycles. The Hall–Kier alpha value is -1.49. The lowest BCUT2D eigenvalue weighted by Crippen LogP contribution is -2.49. The highest BCUT2D eigenvalue weighted by Crippen LogP contribution is 2.10. The van der Waals surface area contributed by atoms with Crippen molar-refractivity contribution < 1.29 is 9.18 Å². The third kappa shape index (κ3) is 3.49. The summed E-state index contributed by atoms with van der Waals surface area (Å²) in [5.74, 6) is -1.08. The van der Waals surface area contributed by atoms with Crippen LogP contribution in [0.2, 0.25) is 0 Å². The first-order chi connectivity index (χ1) is 8.02. The molecule has 94 valence electrons. The average Bonchev–Trinajstić information content (AvgIpc) is 2.36. The van der Waals surface area contributed by atoms with E-state index in [2.05, 4.69) is 10.3 Å².